The summed E-state index contributed by atoms with van der Waals surface area (Å²) in [5.74, 6) is 1.71. The van der Waals surface area contributed by atoms with Crippen molar-refractivity contribution in [2.24, 2.45) is 0 Å². The molecule has 8 heteroatoms. The molecule has 2 aliphatic heterocycles. The third kappa shape index (κ3) is 4.63. The Hall–Kier alpha value is -3.00. The first-order valence-corrected chi connectivity index (χ1v) is 12.7. The molecule has 4 aromatic rings. The van der Waals surface area contributed by atoms with Gasteiger partial charge in [-0.2, -0.15) is 5.10 Å². The van der Waals surface area contributed by atoms with Gasteiger partial charge in [0.05, 0.1) is 30.8 Å². The molecule has 0 radical (unpaired) electrons. The Bertz CT molecular complexity index is 1300. The van der Waals surface area contributed by atoms with Crippen LogP contribution in [0.1, 0.15) is 24.4 Å². The van der Waals surface area contributed by atoms with Gasteiger partial charge >= 0.3 is 0 Å². The number of benzene rings is 2. The molecule has 2 aromatic carbocycles. The van der Waals surface area contributed by atoms with Gasteiger partial charge in [-0.15, -0.1) is 0 Å². The van der Waals surface area contributed by atoms with E-state index in [9.17, 15) is 0 Å². The van der Waals surface area contributed by atoms with Gasteiger partial charge in [-0.1, -0.05) is 60.1 Å². The van der Waals surface area contributed by atoms with Crippen LogP contribution in [0.3, 0.4) is 0 Å². The second-order valence-electron chi connectivity index (χ2n) is 9.26. The smallest absolute Gasteiger partial charge is 0.164 e. The van der Waals surface area contributed by atoms with Gasteiger partial charge in [-0.3, -0.25) is 4.90 Å². The van der Waals surface area contributed by atoms with Gasteiger partial charge in [0.25, 0.3) is 0 Å². The zero-order valence-corrected chi connectivity index (χ0v) is 20.4. The number of ether oxygens (including phenoxy) is 1. The van der Waals surface area contributed by atoms with E-state index < -0.39 is 0 Å². The molecule has 2 fully saturated rings. The van der Waals surface area contributed by atoms with Crippen LogP contribution in [0.25, 0.3) is 22.4 Å². The summed E-state index contributed by atoms with van der Waals surface area (Å²) < 4.78 is 7.73. The summed E-state index contributed by atoms with van der Waals surface area (Å²) in [5.41, 5.74) is 3.13. The zero-order chi connectivity index (χ0) is 23.6. The quantitative estimate of drug-likeness (QED) is 0.401. The van der Waals surface area contributed by atoms with Crippen molar-refractivity contribution in [2.45, 2.75) is 25.4 Å². The summed E-state index contributed by atoms with van der Waals surface area (Å²) in [6.07, 6.45) is 4.00. The van der Waals surface area contributed by atoms with E-state index in [2.05, 4.69) is 38.7 Å². The van der Waals surface area contributed by atoms with Crippen LogP contribution in [0.4, 0.5) is 5.82 Å². The van der Waals surface area contributed by atoms with E-state index in [1.807, 2.05) is 36.5 Å². The minimum absolute atomic E-state index is 0.311. The Morgan fingerprint density at radius 2 is 1.63 bits per heavy atom. The number of morpholine rings is 1. The number of piperidine rings is 1. The molecule has 0 atom stereocenters. The molecule has 0 N–H and O–H groups in total. The minimum Gasteiger partial charge on any atom is -0.378 e. The van der Waals surface area contributed by atoms with Crippen molar-refractivity contribution in [1.29, 1.82) is 0 Å². The molecule has 0 aliphatic carbocycles. The maximum Gasteiger partial charge on any atom is 0.164 e. The van der Waals surface area contributed by atoms with E-state index in [-0.39, 0.29) is 0 Å². The van der Waals surface area contributed by atoms with Gasteiger partial charge in [-0.25, -0.2) is 14.6 Å². The van der Waals surface area contributed by atoms with Crippen LogP contribution in [-0.2, 0) is 11.3 Å². The summed E-state index contributed by atoms with van der Waals surface area (Å²) in [4.78, 5) is 14.8. The van der Waals surface area contributed by atoms with E-state index >= 15 is 0 Å². The number of rotatable bonds is 5. The molecule has 0 bridgehead atoms. The number of fused-ring (bicyclic) bond motifs is 1. The highest BCUT2D eigenvalue weighted by Crippen LogP contribution is 2.32. The molecule has 0 amide bonds. The maximum absolute atomic E-state index is 6.40. The lowest BCUT2D eigenvalue weighted by molar-refractivity contribution is 0.122. The summed E-state index contributed by atoms with van der Waals surface area (Å²) in [7, 11) is 0. The molecular weight excluding hydrogens is 460 g/mol. The minimum atomic E-state index is 0.311. The van der Waals surface area contributed by atoms with E-state index in [1.54, 1.807) is 0 Å². The number of halogens is 1. The largest absolute Gasteiger partial charge is 0.378 e. The molecule has 0 spiro atoms. The molecule has 0 saturated carbocycles. The fourth-order valence-electron chi connectivity index (χ4n) is 5.10. The predicted molar refractivity (Wildman–Crippen MR) is 139 cm³/mol. The number of aromatic nitrogens is 4. The van der Waals surface area contributed by atoms with Crippen molar-refractivity contribution >= 4 is 28.5 Å². The number of hydrogen-bond acceptors (Lipinski definition) is 6. The standard InChI is InChI=1S/C27H29ClN6O/c28-24-9-5-4-8-21(24)19-32-12-10-22(11-13-32)34-27-23(18-29-34)26(33-14-16-35-17-15-33)30-25(31-27)20-6-2-1-3-7-20/h1-9,18,22H,10-17,19H2. The van der Waals surface area contributed by atoms with Crippen molar-refractivity contribution in [1.82, 2.24) is 24.6 Å². The average molecular weight is 489 g/mol. The van der Waals surface area contributed by atoms with Crippen molar-refractivity contribution in [3.63, 3.8) is 0 Å². The number of likely N-dealkylation sites (tertiary alicyclic amines) is 1. The van der Waals surface area contributed by atoms with Gasteiger partial charge in [0.1, 0.15) is 5.82 Å². The highest BCUT2D eigenvalue weighted by Gasteiger charge is 2.26. The van der Waals surface area contributed by atoms with Crippen molar-refractivity contribution in [3.05, 3.63) is 71.4 Å². The van der Waals surface area contributed by atoms with Gasteiger partial charge in [0, 0.05) is 43.3 Å². The molecule has 0 unspecified atom stereocenters. The van der Waals surface area contributed by atoms with Crippen molar-refractivity contribution in [2.75, 3.05) is 44.3 Å². The lowest BCUT2D eigenvalue weighted by Gasteiger charge is -2.32. The van der Waals surface area contributed by atoms with E-state index in [0.29, 0.717) is 19.3 Å². The topological polar surface area (TPSA) is 59.3 Å². The molecule has 6 rings (SSSR count). The fraction of sp³-hybridized carbons (Fsp3) is 0.370. The Balaban J connectivity index is 1.29. The lowest BCUT2D eigenvalue weighted by Crippen LogP contribution is -2.37. The first-order chi connectivity index (χ1) is 17.3. The molecule has 35 heavy (non-hydrogen) atoms. The van der Waals surface area contributed by atoms with Crippen LogP contribution in [0, 0.1) is 0 Å². The fourth-order valence-corrected chi connectivity index (χ4v) is 5.30. The molecule has 2 aromatic heterocycles. The molecule has 2 saturated heterocycles. The van der Waals surface area contributed by atoms with Crippen LogP contribution in [0.5, 0.6) is 0 Å². The van der Waals surface area contributed by atoms with Crippen LogP contribution in [0.15, 0.2) is 60.8 Å². The number of hydrogen-bond donors (Lipinski definition) is 0. The Morgan fingerprint density at radius 1 is 0.886 bits per heavy atom. The second kappa shape index (κ2) is 9.93. The second-order valence-corrected chi connectivity index (χ2v) is 9.67. The zero-order valence-electron chi connectivity index (χ0n) is 19.7. The SMILES string of the molecule is Clc1ccccc1CN1CCC(n2ncc3c(N4CCOCC4)nc(-c4ccccc4)nc32)CC1. The van der Waals surface area contributed by atoms with Crippen LogP contribution < -0.4 is 4.90 Å². The third-order valence-corrected chi connectivity index (χ3v) is 7.40. The highest BCUT2D eigenvalue weighted by atomic mass is 35.5. The molecule has 2 aliphatic rings. The normalized spacial score (nSPS) is 17.8. The third-order valence-electron chi connectivity index (χ3n) is 7.03. The van der Waals surface area contributed by atoms with Gasteiger partial charge in [0.15, 0.2) is 11.5 Å². The molecule has 4 heterocycles. The van der Waals surface area contributed by atoms with Crippen molar-refractivity contribution in [3.8, 4) is 11.4 Å². The number of anilines is 1. The van der Waals surface area contributed by atoms with Crippen molar-refractivity contribution < 1.29 is 4.74 Å². The number of nitrogens with zero attached hydrogens (tertiary/aromatic N) is 6. The van der Waals surface area contributed by atoms with Gasteiger partial charge in [0.2, 0.25) is 0 Å². The molecule has 180 valence electrons. The lowest BCUT2D eigenvalue weighted by atomic mass is 10.0. The summed E-state index contributed by atoms with van der Waals surface area (Å²) in [5, 5.41) is 6.71. The summed E-state index contributed by atoms with van der Waals surface area (Å²) >= 11 is 6.40. The Kier molecular flexibility index (Phi) is 6.37. The van der Waals surface area contributed by atoms with Crippen LogP contribution in [-0.4, -0.2) is 64.0 Å². The van der Waals surface area contributed by atoms with E-state index in [4.69, 9.17) is 31.4 Å². The first-order valence-electron chi connectivity index (χ1n) is 12.4. The van der Waals surface area contributed by atoms with E-state index in [0.717, 1.165) is 78.8 Å². The molecule has 7 nitrogen and oxygen atoms in total. The predicted octanol–water partition coefficient (Wildman–Crippen LogP) is 4.82. The Labute approximate surface area is 210 Å². The maximum atomic E-state index is 6.40. The average Bonchev–Trinajstić information content (AvgIpc) is 3.35. The van der Waals surface area contributed by atoms with Gasteiger partial charge in [-0.05, 0) is 24.5 Å². The summed E-state index contributed by atoms with van der Waals surface area (Å²) in [6.45, 7) is 5.97. The highest BCUT2D eigenvalue weighted by molar-refractivity contribution is 6.31. The first kappa shape index (κ1) is 22.5. The Morgan fingerprint density at radius 3 is 2.40 bits per heavy atom. The van der Waals surface area contributed by atoms with Crippen LogP contribution >= 0.6 is 11.6 Å². The monoisotopic (exact) mass is 488 g/mol. The summed E-state index contributed by atoms with van der Waals surface area (Å²) in [6, 6.07) is 18.7. The van der Waals surface area contributed by atoms with Crippen LogP contribution in [0.2, 0.25) is 5.02 Å². The molecular formula is C27H29ClN6O. The van der Waals surface area contributed by atoms with Gasteiger partial charge < -0.3 is 9.64 Å². The van der Waals surface area contributed by atoms with E-state index in [1.165, 1.54) is 5.56 Å².